The molecule has 2 unspecified atom stereocenters. The van der Waals surface area contributed by atoms with Crippen LogP contribution < -0.4 is 0 Å². The summed E-state index contributed by atoms with van der Waals surface area (Å²) in [6.45, 7) is 7.33. The highest BCUT2D eigenvalue weighted by molar-refractivity contribution is 7.47. The molecule has 0 heterocycles. The Morgan fingerprint density at radius 3 is 0.701 bits per heavy atom. The molecule has 3 N–H and O–H groups in total. The Morgan fingerprint density at radius 1 is 0.278 bits per heavy atom. The summed E-state index contributed by atoms with van der Waals surface area (Å²) < 4.78 is 68.6. The number of hydrogen-bond donors (Lipinski definition) is 3. The first-order valence-corrected chi connectivity index (χ1v) is 43.6. The molecule has 0 aliphatic carbocycles. The number of unbranched alkanes of at least 4 members (excludes halogenated alkanes) is 50. The quantitative estimate of drug-likeness (QED) is 0.0222. The fourth-order valence-corrected chi connectivity index (χ4v) is 13.6. The van der Waals surface area contributed by atoms with E-state index in [4.69, 9.17) is 37.0 Å². The summed E-state index contributed by atoms with van der Waals surface area (Å²) in [5, 5.41) is 10.6. The van der Waals surface area contributed by atoms with E-state index in [1.807, 2.05) is 0 Å². The molecule has 0 bridgehead atoms. The Morgan fingerprint density at radius 2 is 0.474 bits per heavy atom. The minimum absolute atomic E-state index is 0.108. The number of aliphatic hydroxyl groups excluding tert-OH is 1. The Bertz CT molecular complexity index is 1860. The smallest absolute Gasteiger partial charge is 0.462 e. The van der Waals surface area contributed by atoms with E-state index in [0.29, 0.717) is 25.7 Å². The van der Waals surface area contributed by atoms with Crippen molar-refractivity contribution in [2.45, 2.75) is 432 Å². The molecule has 0 rings (SSSR count). The van der Waals surface area contributed by atoms with Crippen LogP contribution in [0.2, 0.25) is 0 Å². The monoisotopic (exact) mass is 1420 g/mol. The van der Waals surface area contributed by atoms with Gasteiger partial charge in [-0.1, -0.05) is 362 Å². The fraction of sp³-hybridized carbons (Fsp3) is 0.949. The van der Waals surface area contributed by atoms with Gasteiger partial charge in [0.1, 0.15) is 19.3 Å². The molecule has 5 atom stereocenters. The second-order valence-electron chi connectivity index (χ2n) is 28.6. The SMILES string of the molecule is CCCCCCCCCCCCCCCCCCCC(=O)OC[C@H](COP(=O)(O)OC[C@@H](O)COP(=O)(O)OC[C@@H](COC(=O)CCCCCCCCCCCCC)OC(=O)CCCCCCCCCCCCCC)OC(=O)CCCCCCCCCCCCCCCCC(C)C. The van der Waals surface area contributed by atoms with Crippen LogP contribution in [0.25, 0.3) is 0 Å². The van der Waals surface area contributed by atoms with E-state index in [1.165, 1.54) is 238 Å². The number of hydrogen-bond acceptors (Lipinski definition) is 15. The van der Waals surface area contributed by atoms with Crippen LogP contribution in [0.3, 0.4) is 0 Å². The molecule has 576 valence electrons. The highest BCUT2D eigenvalue weighted by Crippen LogP contribution is 2.45. The van der Waals surface area contributed by atoms with Crippen LogP contribution in [0.15, 0.2) is 0 Å². The lowest BCUT2D eigenvalue weighted by atomic mass is 10.0. The van der Waals surface area contributed by atoms with Gasteiger partial charge in [0.05, 0.1) is 26.4 Å². The summed E-state index contributed by atoms with van der Waals surface area (Å²) in [6, 6.07) is 0. The minimum atomic E-state index is -4.96. The van der Waals surface area contributed by atoms with Crippen molar-refractivity contribution in [3.8, 4) is 0 Å². The van der Waals surface area contributed by atoms with Gasteiger partial charge in [0.15, 0.2) is 12.2 Å². The molecule has 0 spiro atoms. The Hall–Kier alpha value is -1.94. The van der Waals surface area contributed by atoms with E-state index in [9.17, 15) is 43.2 Å². The maximum Gasteiger partial charge on any atom is 0.472 e. The molecule has 0 aromatic carbocycles. The van der Waals surface area contributed by atoms with Gasteiger partial charge < -0.3 is 33.8 Å². The number of ether oxygens (including phenoxy) is 4. The number of esters is 4. The van der Waals surface area contributed by atoms with Crippen molar-refractivity contribution in [3.63, 3.8) is 0 Å². The highest BCUT2D eigenvalue weighted by Gasteiger charge is 2.30. The van der Waals surface area contributed by atoms with Gasteiger partial charge >= 0.3 is 39.5 Å². The number of aliphatic hydroxyl groups is 1. The molecule has 0 fully saturated rings. The van der Waals surface area contributed by atoms with Gasteiger partial charge in [-0.25, -0.2) is 9.13 Å². The van der Waals surface area contributed by atoms with Gasteiger partial charge in [-0.3, -0.25) is 37.3 Å². The van der Waals surface area contributed by atoms with Crippen molar-refractivity contribution < 1.29 is 80.2 Å². The van der Waals surface area contributed by atoms with Crippen molar-refractivity contribution in [3.05, 3.63) is 0 Å². The van der Waals surface area contributed by atoms with Crippen LogP contribution in [0.5, 0.6) is 0 Å². The van der Waals surface area contributed by atoms with Gasteiger partial charge in [-0.05, 0) is 31.6 Å². The van der Waals surface area contributed by atoms with Crippen molar-refractivity contribution in [1.82, 2.24) is 0 Å². The van der Waals surface area contributed by atoms with E-state index >= 15 is 0 Å². The predicted molar refractivity (Wildman–Crippen MR) is 395 cm³/mol. The molecule has 0 aliphatic heterocycles. The average molecular weight is 1420 g/mol. The average Bonchev–Trinajstić information content (AvgIpc) is 1.41. The first kappa shape index (κ1) is 95.1. The van der Waals surface area contributed by atoms with Crippen molar-refractivity contribution in [2.75, 3.05) is 39.6 Å². The Kier molecular flexibility index (Phi) is 69.6. The van der Waals surface area contributed by atoms with Crippen molar-refractivity contribution in [2.24, 2.45) is 5.92 Å². The summed E-state index contributed by atoms with van der Waals surface area (Å²) in [6.07, 6.45) is 60.9. The molecule has 17 nitrogen and oxygen atoms in total. The summed E-state index contributed by atoms with van der Waals surface area (Å²) in [5.41, 5.74) is 0. The topological polar surface area (TPSA) is 237 Å². The summed E-state index contributed by atoms with van der Waals surface area (Å²) in [7, 11) is -9.91. The first-order valence-electron chi connectivity index (χ1n) is 40.6. The number of carbonyl (C=O) groups is 4. The molecule has 0 radical (unpaired) electrons. The number of carbonyl (C=O) groups excluding carboxylic acids is 4. The van der Waals surface area contributed by atoms with Gasteiger partial charge in [0, 0.05) is 25.7 Å². The lowest BCUT2D eigenvalue weighted by molar-refractivity contribution is -0.161. The first-order chi connectivity index (χ1) is 47.0. The van der Waals surface area contributed by atoms with Gasteiger partial charge in [-0.2, -0.15) is 0 Å². The van der Waals surface area contributed by atoms with Gasteiger partial charge in [-0.15, -0.1) is 0 Å². The van der Waals surface area contributed by atoms with Crippen LogP contribution in [-0.2, 0) is 65.4 Å². The van der Waals surface area contributed by atoms with E-state index in [2.05, 4.69) is 34.6 Å². The second kappa shape index (κ2) is 71.1. The zero-order valence-electron chi connectivity index (χ0n) is 63.2. The highest BCUT2D eigenvalue weighted by atomic mass is 31.2. The lowest BCUT2D eigenvalue weighted by Gasteiger charge is -2.21. The minimum Gasteiger partial charge on any atom is -0.462 e. The molecule has 0 aromatic rings. The van der Waals surface area contributed by atoms with Crippen molar-refractivity contribution >= 4 is 39.5 Å². The van der Waals surface area contributed by atoms with E-state index in [0.717, 1.165) is 95.8 Å². The maximum atomic E-state index is 13.1. The molecule has 19 heteroatoms. The number of rotatable bonds is 78. The van der Waals surface area contributed by atoms with Gasteiger partial charge in [0.25, 0.3) is 0 Å². The number of phosphoric acid groups is 2. The van der Waals surface area contributed by atoms with Crippen LogP contribution >= 0.6 is 15.6 Å². The summed E-state index contributed by atoms with van der Waals surface area (Å²) in [5.74, 6) is -1.31. The van der Waals surface area contributed by atoms with Crippen LogP contribution in [0.4, 0.5) is 0 Å². The van der Waals surface area contributed by atoms with E-state index in [1.54, 1.807) is 0 Å². The van der Waals surface area contributed by atoms with Gasteiger partial charge in [0.2, 0.25) is 0 Å². The lowest BCUT2D eigenvalue weighted by Crippen LogP contribution is -2.30. The molecule has 0 amide bonds. The molecular formula is C78H152O17P2. The third kappa shape index (κ3) is 72.2. The maximum absolute atomic E-state index is 13.1. The van der Waals surface area contributed by atoms with Crippen LogP contribution in [0, 0.1) is 5.92 Å². The van der Waals surface area contributed by atoms with Crippen molar-refractivity contribution in [1.29, 1.82) is 0 Å². The third-order valence-corrected chi connectivity index (χ3v) is 20.2. The van der Waals surface area contributed by atoms with E-state index < -0.39 is 97.5 Å². The number of phosphoric ester groups is 2. The standard InChI is InChI=1S/C78H152O17P2/c1-6-9-12-15-18-21-24-26-27-28-29-33-38-42-47-52-57-62-76(81)89-68-74(95-78(83)64-59-54-49-44-39-34-31-30-32-36-40-45-50-55-60-71(4)5)70-93-97(86,87)91-66-72(79)65-90-96(84,85)92-69-73(67-88-75(80)61-56-51-46-41-35-23-20-17-14-11-8-3)94-77(82)63-58-53-48-43-37-25-22-19-16-13-10-7-2/h71-74,79H,6-70H2,1-5H3,(H,84,85)(H,86,87)/t72-,73+,74+/m0/s1. The van der Waals surface area contributed by atoms with E-state index in [-0.39, 0.29) is 25.7 Å². The Labute approximate surface area is 594 Å². The Balaban J connectivity index is 5.24. The molecule has 97 heavy (non-hydrogen) atoms. The van der Waals surface area contributed by atoms with Crippen LogP contribution in [-0.4, -0.2) is 96.7 Å². The second-order valence-corrected chi connectivity index (χ2v) is 31.5. The predicted octanol–water partition coefficient (Wildman–Crippen LogP) is 23.3. The molecule has 0 aromatic heterocycles. The zero-order chi connectivity index (χ0) is 71.2. The summed E-state index contributed by atoms with van der Waals surface area (Å²) in [4.78, 5) is 72.9. The molecular weight excluding hydrogens is 1270 g/mol. The third-order valence-electron chi connectivity index (χ3n) is 18.3. The fourth-order valence-electron chi connectivity index (χ4n) is 12.1. The normalized spacial score (nSPS) is 13.9. The molecule has 0 saturated carbocycles. The summed E-state index contributed by atoms with van der Waals surface area (Å²) >= 11 is 0. The largest absolute Gasteiger partial charge is 0.472 e. The molecule has 0 aliphatic rings. The zero-order valence-corrected chi connectivity index (χ0v) is 65.0. The van der Waals surface area contributed by atoms with Crippen LogP contribution in [0.1, 0.15) is 413 Å². The molecule has 0 saturated heterocycles.